The average Bonchev–Trinajstić information content (AvgIpc) is 2.30. The maximum absolute atomic E-state index is 11.9. The Labute approximate surface area is 132 Å². The summed E-state index contributed by atoms with van der Waals surface area (Å²) >= 11 is 3.71. The summed E-state index contributed by atoms with van der Waals surface area (Å²) in [7, 11) is -1.83. The normalized spacial score (nSPS) is 24.6. The summed E-state index contributed by atoms with van der Waals surface area (Å²) in [6.07, 6.45) is 0.725. The Bertz CT molecular complexity index is 344. The number of piperidine rings is 1. The van der Waals surface area contributed by atoms with Crippen LogP contribution < -0.4 is 0 Å². The maximum Gasteiger partial charge on any atom is 0.409 e. The molecule has 0 aliphatic carbocycles. The van der Waals surface area contributed by atoms with Gasteiger partial charge in [-0.25, -0.2) is 4.79 Å². The molecule has 1 amide bonds. The molecule has 1 rings (SSSR count). The smallest absolute Gasteiger partial charge is 0.409 e. The maximum atomic E-state index is 11.9. The van der Waals surface area contributed by atoms with E-state index in [2.05, 4.69) is 49.8 Å². The van der Waals surface area contributed by atoms with Crippen LogP contribution in [0.25, 0.3) is 0 Å². The zero-order chi connectivity index (χ0) is 15.6. The Kier molecular flexibility index (Phi) is 6.10. The third-order valence-electron chi connectivity index (χ3n) is 4.26. The van der Waals surface area contributed by atoms with Gasteiger partial charge in [-0.15, -0.1) is 0 Å². The van der Waals surface area contributed by atoms with Gasteiger partial charge in [0.05, 0.1) is 19.3 Å². The second-order valence-electron chi connectivity index (χ2n) is 6.87. The van der Waals surface area contributed by atoms with Gasteiger partial charge >= 0.3 is 6.09 Å². The lowest BCUT2D eigenvalue weighted by molar-refractivity contribution is 0.0599. The first kappa shape index (κ1) is 18.0. The van der Waals surface area contributed by atoms with Crippen molar-refractivity contribution in [3.8, 4) is 0 Å². The van der Waals surface area contributed by atoms with Crippen LogP contribution in [0.15, 0.2) is 0 Å². The monoisotopic (exact) mass is 365 g/mol. The summed E-state index contributed by atoms with van der Waals surface area (Å²) in [4.78, 5) is 13.9. The molecule has 0 aromatic rings. The fourth-order valence-corrected chi connectivity index (χ4v) is 3.96. The molecule has 1 aliphatic heterocycles. The highest BCUT2D eigenvalue weighted by atomic mass is 79.9. The van der Waals surface area contributed by atoms with Gasteiger partial charge < -0.3 is 14.1 Å². The highest BCUT2D eigenvalue weighted by molar-refractivity contribution is 9.09. The van der Waals surface area contributed by atoms with E-state index in [1.54, 1.807) is 4.90 Å². The number of alkyl halides is 1. The third kappa shape index (κ3) is 4.46. The molecule has 0 unspecified atom stereocenters. The summed E-state index contributed by atoms with van der Waals surface area (Å²) in [6, 6.07) is 0. The van der Waals surface area contributed by atoms with Crippen molar-refractivity contribution in [1.82, 2.24) is 4.90 Å². The number of hydrogen-bond donors (Lipinski definition) is 0. The van der Waals surface area contributed by atoms with Gasteiger partial charge in [0.2, 0.25) is 0 Å². The molecule has 0 N–H and O–H groups in total. The lowest BCUT2D eigenvalue weighted by atomic mass is 10.1. The van der Waals surface area contributed by atoms with E-state index in [1.165, 1.54) is 0 Å². The Balaban J connectivity index is 2.71. The number of carbonyl (C=O) groups excluding carboxylic acids is 1. The van der Waals surface area contributed by atoms with Crippen LogP contribution >= 0.6 is 15.9 Å². The molecular weight excluding hydrogens is 338 g/mol. The van der Waals surface area contributed by atoms with E-state index in [0.29, 0.717) is 18.0 Å². The molecule has 0 radical (unpaired) electrons. The molecule has 4 nitrogen and oxygen atoms in total. The predicted octanol–water partition coefficient (Wildman–Crippen LogP) is 4.00. The topological polar surface area (TPSA) is 38.8 Å². The van der Waals surface area contributed by atoms with Gasteiger partial charge in [0.25, 0.3) is 0 Å². The summed E-state index contributed by atoms with van der Waals surface area (Å²) in [6.45, 7) is 14.8. The third-order valence-corrected chi connectivity index (χ3v) is 9.81. The van der Waals surface area contributed by atoms with Crippen molar-refractivity contribution in [3.63, 3.8) is 0 Å². The summed E-state index contributed by atoms with van der Waals surface area (Å²) in [5.74, 6) is 0. The minimum atomic E-state index is -1.83. The highest BCUT2D eigenvalue weighted by Crippen LogP contribution is 2.39. The van der Waals surface area contributed by atoms with Crippen LogP contribution in [0, 0.1) is 0 Å². The van der Waals surface area contributed by atoms with Crippen molar-refractivity contribution < 1.29 is 14.0 Å². The first-order valence-electron chi connectivity index (χ1n) is 7.32. The molecule has 118 valence electrons. The van der Waals surface area contributed by atoms with Crippen LogP contribution in [0.2, 0.25) is 18.1 Å². The lowest BCUT2D eigenvalue weighted by Gasteiger charge is -2.43. The fraction of sp³-hybridized carbons (Fsp3) is 0.929. The van der Waals surface area contributed by atoms with Gasteiger partial charge in [-0.2, -0.15) is 0 Å². The molecule has 1 saturated heterocycles. The van der Waals surface area contributed by atoms with Gasteiger partial charge in [0.15, 0.2) is 8.32 Å². The number of likely N-dealkylation sites (tertiary alicyclic amines) is 1. The van der Waals surface area contributed by atoms with E-state index < -0.39 is 8.32 Å². The second-order valence-corrected chi connectivity index (χ2v) is 12.8. The van der Waals surface area contributed by atoms with Gasteiger partial charge in [-0.1, -0.05) is 36.7 Å². The number of amides is 1. The van der Waals surface area contributed by atoms with Gasteiger partial charge in [-0.3, -0.25) is 0 Å². The van der Waals surface area contributed by atoms with Crippen LogP contribution in [-0.4, -0.2) is 49.9 Å². The van der Waals surface area contributed by atoms with Crippen molar-refractivity contribution in [3.05, 3.63) is 0 Å². The molecule has 6 heteroatoms. The molecule has 0 aromatic heterocycles. The lowest BCUT2D eigenvalue weighted by Crippen LogP contribution is -2.54. The number of rotatable bonds is 3. The SMILES string of the molecule is CCOC(=O)N1CC[C@@H](Br)[C@H](O[Si](C)(C)C(C)(C)C)C1. The molecular formula is C14H28BrNO3Si. The van der Waals surface area contributed by atoms with Crippen LogP contribution in [0.5, 0.6) is 0 Å². The Morgan fingerprint density at radius 1 is 1.40 bits per heavy atom. The van der Waals surface area contributed by atoms with Crippen molar-refractivity contribution in [1.29, 1.82) is 0 Å². The standard InChI is InChI=1S/C14H28BrNO3Si/c1-7-18-13(17)16-9-8-11(15)12(10-16)19-20(5,6)14(2,3)4/h11-12H,7-10H2,1-6H3/t11-,12-/m1/s1. The first-order valence-corrected chi connectivity index (χ1v) is 11.1. The number of carbonyl (C=O) groups is 1. The van der Waals surface area contributed by atoms with Crippen LogP contribution in [0.1, 0.15) is 34.1 Å². The van der Waals surface area contributed by atoms with E-state index >= 15 is 0 Å². The quantitative estimate of drug-likeness (QED) is 0.560. The molecule has 0 saturated carbocycles. The molecule has 0 spiro atoms. The highest BCUT2D eigenvalue weighted by Gasteiger charge is 2.42. The Morgan fingerprint density at radius 3 is 2.50 bits per heavy atom. The van der Waals surface area contributed by atoms with Gasteiger partial charge in [0.1, 0.15) is 0 Å². The number of nitrogens with zero attached hydrogens (tertiary/aromatic N) is 1. The first-order chi connectivity index (χ1) is 9.08. The molecule has 2 atom stereocenters. The van der Waals surface area contributed by atoms with Crippen molar-refractivity contribution in [2.45, 2.75) is 63.2 Å². The molecule has 1 fully saturated rings. The van der Waals surface area contributed by atoms with Crippen LogP contribution in [0.4, 0.5) is 4.79 Å². The Morgan fingerprint density at radius 2 is 2.00 bits per heavy atom. The zero-order valence-corrected chi connectivity index (χ0v) is 16.1. The minimum absolute atomic E-state index is 0.0500. The van der Waals surface area contributed by atoms with E-state index in [1.807, 2.05) is 6.92 Å². The van der Waals surface area contributed by atoms with Crippen molar-refractivity contribution in [2.75, 3.05) is 19.7 Å². The predicted molar refractivity (Wildman–Crippen MR) is 88.0 cm³/mol. The van der Waals surface area contributed by atoms with E-state index in [0.717, 1.165) is 13.0 Å². The second kappa shape index (κ2) is 6.79. The average molecular weight is 366 g/mol. The number of halogens is 1. The van der Waals surface area contributed by atoms with Crippen LogP contribution in [-0.2, 0) is 9.16 Å². The summed E-state index contributed by atoms with van der Waals surface area (Å²) in [5.41, 5.74) is 0. The molecule has 1 aliphatic rings. The van der Waals surface area contributed by atoms with Crippen molar-refractivity contribution in [2.24, 2.45) is 0 Å². The minimum Gasteiger partial charge on any atom is -0.450 e. The van der Waals surface area contributed by atoms with Gasteiger partial charge in [-0.05, 0) is 31.5 Å². The zero-order valence-electron chi connectivity index (χ0n) is 13.5. The van der Waals surface area contributed by atoms with Crippen molar-refractivity contribution >= 4 is 30.3 Å². The summed E-state index contributed by atoms with van der Waals surface area (Å²) < 4.78 is 11.5. The van der Waals surface area contributed by atoms with E-state index in [-0.39, 0.29) is 17.2 Å². The number of ether oxygens (including phenoxy) is 1. The van der Waals surface area contributed by atoms with Crippen LogP contribution in [0.3, 0.4) is 0 Å². The molecule has 20 heavy (non-hydrogen) atoms. The largest absolute Gasteiger partial charge is 0.450 e. The summed E-state index contributed by atoms with van der Waals surface area (Å²) in [5, 5.41) is 0.173. The molecule has 1 heterocycles. The fourth-order valence-electron chi connectivity index (χ4n) is 1.93. The molecule has 0 aromatic carbocycles. The molecule has 0 bridgehead atoms. The van der Waals surface area contributed by atoms with E-state index in [9.17, 15) is 4.79 Å². The Hall–Kier alpha value is -0.0731. The van der Waals surface area contributed by atoms with Gasteiger partial charge in [0, 0.05) is 11.4 Å². The van der Waals surface area contributed by atoms with E-state index in [4.69, 9.17) is 9.16 Å². The number of hydrogen-bond acceptors (Lipinski definition) is 3.